The second kappa shape index (κ2) is 5.49. The van der Waals surface area contributed by atoms with Crippen LogP contribution in [0.2, 0.25) is 0 Å². The molecule has 7 heteroatoms. The number of halogens is 2. The highest BCUT2D eigenvalue weighted by atomic mass is 32.1. The van der Waals surface area contributed by atoms with E-state index >= 15 is 0 Å². The molecule has 0 spiro atoms. The van der Waals surface area contributed by atoms with Crippen LogP contribution in [0.4, 0.5) is 13.9 Å². The lowest BCUT2D eigenvalue weighted by atomic mass is 10.4. The second-order valence-corrected chi connectivity index (χ2v) is 4.38. The molecule has 0 saturated heterocycles. The van der Waals surface area contributed by atoms with Crippen molar-refractivity contribution in [2.75, 3.05) is 25.1 Å². The largest absolute Gasteiger partial charge is 0.374 e. The van der Waals surface area contributed by atoms with E-state index in [9.17, 15) is 8.78 Å². The topological polar surface area (TPSA) is 47.0 Å². The number of anilines is 1. The van der Waals surface area contributed by atoms with Gasteiger partial charge in [-0.15, -0.1) is 0 Å². The molecule has 1 heterocycles. The summed E-state index contributed by atoms with van der Waals surface area (Å²) in [7, 11) is 0. The number of aromatic nitrogens is 2. The van der Waals surface area contributed by atoms with Crippen molar-refractivity contribution >= 4 is 16.7 Å². The Balaban J connectivity index is 1.61. The SMILES string of the molecule is FC(F)COCCNc1nc(C2CC2)ns1. The monoisotopic (exact) mass is 249 g/mol. The Hall–Kier alpha value is -0.820. The van der Waals surface area contributed by atoms with Crippen molar-refractivity contribution in [2.24, 2.45) is 0 Å². The lowest BCUT2D eigenvalue weighted by Gasteiger charge is -2.03. The standard InChI is InChI=1S/C9H13F2N3OS/c10-7(11)5-15-4-3-12-9-13-8(14-16-9)6-1-2-6/h6-7H,1-5H2,(H,12,13,14). The maximum atomic E-state index is 11.7. The van der Waals surface area contributed by atoms with Crippen molar-refractivity contribution in [3.05, 3.63) is 5.82 Å². The zero-order valence-corrected chi connectivity index (χ0v) is 9.47. The van der Waals surface area contributed by atoms with Gasteiger partial charge in [0.1, 0.15) is 12.4 Å². The van der Waals surface area contributed by atoms with E-state index in [1.54, 1.807) is 0 Å². The zero-order valence-electron chi connectivity index (χ0n) is 8.66. The number of ether oxygens (including phenoxy) is 1. The molecule has 1 fully saturated rings. The van der Waals surface area contributed by atoms with E-state index in [1.807, 2.05) is 0 Å². The Kier molecular flexibility index (Phi) is 4.00. The summed E-state index contributed by atoms with van der Waals surface area (Å²) in [5, 5.41) is 3.73. The summed E-state index contributed by atoms with van der Waals surface area (Å²) in [6.07, 6.45) is -0.0514. The van der Waals surface area contributed by atoms with E-state index in [0.717, 1.165) is 11.0 Å². The lowest BCUT2D eigenvalue weighted by molar-refractivity contribution is 0.0215. The molecule has 1 aliphatic carbocycles. The first kappa shape index (κ1) is 11.7. The molecule has 0 atom stereocenters. The molecule has 1 aromatic heterocycles. The fraction of sp³-hybridized carbons (Fsp3) is 0.778. The number of nitrogens with zero attached hydrogens (tertiary/aromatic N) is 2. The highest BCUT2D eigenvalue weighted by Gasteiger charge is 2.27. The van der Waals surface area contributed by atoms with E-state index in [0.29, 0.717) is 12.5 Å². The van der Waals surface area contributed by atoms with Gasteiger partial charge in [0.15, 0.2) is 0 Å². The predicted molar refractivity (Wildman–Crippen MR) is 57.2 cm³/mol. The lowest BCUT2D eigenvalue weighted by Crippen LogP contribution is -2.12. The van der Waals surface area contributed by atoms with Gasteiger partial charge in [-0.05, 0) is 12.8 Å². The second-order valence-electron chi connectivity index (χ2n) is 3.62. The van der Waals surface area contributed by atoms with Crippen LogP contribution in [-0.4, -0.2) is 35.5 Å². The van der Waals surface area contributed by atoms with Crippen LogP contribution in [0.15, 0.2) is 0 Å². The van der Waals surface area contributed by atoms with E-state index in [-0.39, 0.29) is 6.61 Å². The number of hydrogen-bond acceptors (Lipinski definition) is 5. The van der Waals surface area contributed by atoms with Gasteiger partial charge in [0, 0.05) is 24.0 Å². The Morgan fingerprint density at radius 1 is 1.50 bits per heavy atom. The van der Waals surface area contributed by atoms with Crippen molar-refractivity contribution in [1.29, 1.82) is 0 Å². The molecule has 0 amide bonds. The maximum Gasteiger partial charge on any atom is 0.261 e. The molecule has 4 nitrogen and oxygen atoms in total. The van der Waals surface area contributed by atoms with Crippen LogP contribution >= 0.6 is 11.5 Å². The molecule has 16 heavy (non-hydrogen) atoms. The first-order valence-electron chi connectivity index (χ1n) is 5.19. The Bertz CT molecular complexity index is 330. The summed E-state index contributed by atoms with van der Waals surface area (Å²) in [5.74, 6) is 1.45. The molecule has 0 radical (unpaired) electrons. The molecule has 0 bridgehead atoms. The minimum Gasteiger partial charge on any atom is -0.374 e. The smallest absolute Gasteiger partial charge is 0.261 e. The molecule has 0 aliphatic heterocycles. The first-order valence-corrected chi connectivity index (χ1v) is 5.96. The Morgan fingerprint density at radius 3 is 3.00 bits per heavy atom. The summed E-state index contributed by atoms with van der Waals surface area (Å²) in [5.41, 5.74) is 0. The summed E-state index contributed by atoms with van der Waals surface area (Å²) < 4.78 is 32.4. The number of hydrogen-bond donors (Lipinski definition) is 1. The van der Waals surface area contributed by atoms with Gasteiger partial charge >= 0.3 is 0 Å². The van der Waals surface area contributed by atoms with Gasteiger partial charge in [-0.3, -0.25) is 0 Å². The summed E-state index contributed by atoms with van der Waals surface area (Å²) >= 11 is 1.31. The number of rotatable bonds is 7. The minimum atomic E-state index is -2.40. The molecule has 1 aromatic rings. The quantitative estimate of drug-likeness (QED) is 0.752. The summed E-state index contributed by atoms with van der Waals surface area (Å²) in [6.45, 7) is 0.222. The van der Waals surface area contributed by atoms with Crippen molar-refractivity contribution < 1.29 is 13.5 Å². The fourth-order valence-corrected chi connectivity index (χ4v) is 1.89. The predicted octanol–water partition coefficient (Wildman–Crippen LogP) is 2.11. The average molecular weight is 249 g/mol. The highest BCUT2D eigenvalue weighted by Crippen LogP contribution is 2.39. The van der Waals surface area contributed by atoms with Gasteiger partial charge in [-0.25, -0.2) is 13.8 Å². The third-order valence-corrected chi connectivity index (χ3v) is 2.84. The summed E-state index contributed by atoms with van der Waals surface area (Å²) in [6, 6.07) is 0. The number of nitrogens with one attached hydrogen (secondary N) is 1. The van der Waals surface area contributed by atoms with Crippen molar-refractivity contribution in [3.8, 4) is 0 Å². The Morgan fingerprint density at radius 2 is 2.31 bits per heavy atom. The molecule has 0 unspecified atom stereocenters. The molecule has 0 aromatic carbocycles. The van der Waals surface area contributed by atoms with Crippen LogP contribution < -0.4 is 5.32 Å². The first-order chi connectivity index (χ1) is 7.75. The van der Waals surface area contributed by atoms with Crippen LogP contribution in [0.3, 0.4) is 0 Å². The van der Waals surface area contributed by atoms with Gasteiger partial charge < -0.3 is 10.1 Å². The van der Waals surface area contributed by atoms with Crippen LogP contribution in [0.25, 0.3) is 0 Å². The fourth-order valence-electron chi connectivity index (χ4n) is 1.22. The normalized spacial score (nSPS) is 15.7. The molecule has 90 valence electrons. The van der Waals surface area contributed by atoms with Gasteiger partial charge in [0.2, 0.25) is 5.13 Å². The van der Waals surface area contributed by atoms with E-state index in [1.165, 1.54) is 24.4 Å². The highest BCUT2D eigenvalue weighted by molar-refractivity contribution is 7.09. The van der Waals surface area contributed by atoms with Gasteiger partial charge in [-0.2, -0.15) is 4.37 Å². The van der Waals surface area contributed by atoms with Crippen LogP contribution in [-0.2, 0) is 4.74 Å². The zero-order chi connectivity index (χ0) is 11.4. The summed E-state index contributed by atoms with van der Waals surface area (Å²) in [4.78, 5) is 4.30. The maximum absolute atomic E-state index is 11.7. The van der Waals surface area contributed by atoms with Crippen molar-refractivity contribution in [2.45, 2.75) is 25.2 Å². The molecule has 2 rings (SSSR count). The van der Waals surface area contributed by atoms with Crippen LogP contribution in [0.1, 0.15) is 24.6 Å². The molecular weight excluding hydrogens is 236 g/mol. The average Bonchev–Trinajstić information content (AvgIpc) is 2.99. The Labute approximate surface area is 96.2 Å². The molecule has 1 saturated carbocycles. The van der Waals surface area contributed by atoms with Gasteiger partial charge in [0.05, 0.1) is 6.61 Å². The van der Waals surface area contributed by atoms with Crippen molar-refractivity contribution in [3.63, 3.8) is 0 Å². The van der Waals surface area contributed by atoms with Crippen LogP contribution in [0.5, 0.6) is 0 Å². The molecule has 1 aliphatic rings. The molecule has 1 N–H and O–H groups in total. The number of alkyl halides is 2. The van der Waals surface area contributed by atoms with Gasteiger partial charge in [0.25, 0.3) is 6.43 Å². The molecular formula is C9H13F2N3OS. The third-order valence-electron chi connectivity index (χ3n) is 2.15. The van der Waals surface area contributed by atoms with E-state index in [2.05, 4.69) is 14.7 Å². The van der Waals surface area contributed by atoms with E-state index in [4.69, 9.17) is 4.74 Å². The van der Waals surface area contributed by atoms with Crippen LogP contribution in [0, 0.1) is 0 Å². The minimum absolute atomic E-state index is 0.253. The van der Waals surface area contributed by atoms with Crippen molar-refractivity contribution in [1.82, 2.24) is 9.36 Å². The van der Waals surface area contributed by atoms with Gasteiger partial charge in [-0.1, -0.05) is 0 Å². The third kappa shape index (κ3) is 3.64. The van der Waals surface area contributed by atoms with E-state index < -0.39 is 13.0 Å².